The van der Waals surface area contributed by atoms with E-state index in [-0.39, 0.29) is 17.4 Å². The number of fused-ring (bicyclic) bond motifs is 1. The molecule has 1 aliphatic rings. The summed E-state index contributed by atoms with van der Waals surface area (Å²) in [6.07, 6.45) is 2.19. The van der Waals surface area contributed by atoms with E-state index in [0.717, 1.165) is 28.8 Å². The van der Waals surface area contributed by atoms with Crippen molar-refractivity contribution in [1.82, 2.24) is 14.9 Å². The number of ether oxygens (including phenoxy) is 1. The highest BCUT2D eigenvalue weighted by Crippen LogP contribution is 2.22. The van der Waals surface area contributed by atoms with Crippen LogP contribution in [0.1, 0.15) is 25.3 Å². The topological polar surface area (TPSA) is 76.5 Å². The highest BCUT2D eigenvalue weighted by atomic mass is 16.5. The number of nitrogens with one attached hydrogen (secondary N) is 1. The van der Waals surface area contributed by atoms with Gasteiger partial charge in [-0.3, -0.25) is 9.59 Å². The number of anilines is 1. The zero-order chi connectivity index (χ0) is 22.5. The molecule has 7 heteroatoms. The zero-order valence-corrected chi connectivity index (χ0v) is 18.7. The number of carbonyl (C=O) groups excluding carboxylic acids is 1. The second-order valence-electron chi connectivity index (χ2n) is 8.13. The van der Waals surface area contributed by atoms with Gasteiger partial charge in [0, 0.05) is 32.1 Å². The first-order chi connectivity index (χ1) is 15.6. The number of aryl methyl sites for hydroxylation is 1. The minimum absolute atomic E-state index is 0.0367. The Labute approximate surface area is 188 Å². The Hall–Kier alpha value is -3.35. The van der Waals surface area contributed by atoms with Gasteiger partial charge in [0.25, 0.3) is 5.56 Å². The number of piperidine rings is 1. The highest BCUT2D eigenvalue weighted by Gasteiger charge is 2.27. The Balaban J connectivity index is 1.35. The molecule has 0 unspecified atom stereocenters. The van der Waals surface area contributed by atoms with Gasteiger partial charge >= 0.3 is 0 Å². The van der Waals surface area contributed by atoms with Gasteiger partial charge in [-0.15, -0.1) is 0 Å². The molecular formula is C25H30N4O3. The standard InChI is InChI=1S/C25H30N4O3/c1-3-29-22-10-5-4-9-21(22)27-23(25(29)31)28-15-12-19(13-16-28)24(30)26-14-11-18-7-6-8-20(17-18)32-2/h4-10,17,19H,3,11-16H2,1-2H3,(H,26,30). The van der Waals surface area contributed by atoms with Crippen LogP contribution >= 0.6 is 0 Å². The maximum absolute atomic E-state index is 13.0. The van der Waals surface area contributed by atoms with Crippen molar-refractivity contribution < 1.29 is 9.53 Å². The third-order valence-electron chi connectivity index (χ3n) is 6.16. The number of para-hydroxylation sites is 2. The van der Waals surface area contributed by atoms with Gasteiger partial charge in [0.1, 0.15) is 5.75 Å². The maximum Gasteiger partial charge on any atom is 0.293 e. The van der Waals surface area contributed by atoms with Crippen molar-refractivity contribution in [3.8, 4) is 5.75 Å². The summed E-state index contributed by atoms with van der Waals surface area (Å²) in [4.78, 5) is 32.4. The molecule has 168 valence electrons. The summed E-state index contributed by atoms with van der Waals surface area (Å²) in [6, 6.07) is 15.6. The summed E-state index contributed by atoms with van der Waals surface area (Å²) in [5.41, 5.74) is 2.75. The molecule has 2 aromatic carbocycles. The van der Waals surface area contributed by atoms with Crippen molar-refractivity contribution in [3.63, 3.8) is 0 Å². The van der Waals surface area contributed by atoms with Crippen molar-refractivity contribution in [2.24, 2.45) is 5.92 Å². The first-order valence-corrected chi connectivity index (χ1v) is 11.3. The van der Waals surface area contributed by atoms with Gasteiger partial charge < -0.3 is 19.5 Å². The van der Waals surface area contributed by atoms with Crippen LogP contribution in [0.5, 0.6) is 5.75 Å². The predicted molar refractivity (Wildman–Crippen MR) is 126 cm³/mol. The largest absolute Gasteiger partial charge is 0.497 e. The molecule has 0 atom stereocenters. The molecule has 1 aromatic heterocycles. The van der Waals surface area contributed by atoms with Gasteiger partial charge in [0.2, 0.25) is 5.91 Å². The molecule has 7 nitrogen and oxygen atoms in total. The van der Waals surface area contributed by atoms with E-state index in [1.807, 2.05) is 60.4 Å². The molecule has 0 radical (unpaired) electrons. The summed E-state index contributed by atoms with van der Waals surface area (Å²) in [6.45, 7) is 4.47. The van der Waals surface area contributed by atoms with Crippen molar-refractivity contribution in [2.75, 3.05) is 31.6 Å². The van der Waals surface area contributed by atoms with Crippen molar-refractivity contribution in [2.45, 2.75) is 32.7 Å². The van der Waals surface area contributed by atoms with Gasteiger partial charge in [-0.25, -0.2) is 4.98 Å². The van der Waals surface area contributed by atoms with Crippen LogP contribution in [0, 0.1) is 5.92 Å². The van der Waals surface area contributed by atoms with Crippen LogP contribution in [0.3, 0.4) is 0 Å². The number of amides is 1. The third kappa shape index (κ3) is 4.61. The fraction of sp³-hybridized carbons (Fsp3) is 0.400. The number of hydrogen-bond acceptors (Lipinski definition) is 5. The quantitative estimate of drug-likeness (QED) is 0.619. The normalized spacial score (nSPS) is 14.5. The predicted octanol–water partition coefficient (Wildman–Crippen LogP) is 3.00. The molecule has 3 aromatic rings. The summed E-state index contributed by atoms with van der Waals surface area (Å²) in [5, 5.41) is 3.07. The van der Waals surface area contributed by atoms with Gasteiger partial charge in [-0.05, 0) is 56.0 Å². The second-order valence-corrected chi connectivity index (χ2v) is 8.13. The van der Waals surface area contributed by atoms with Crippen LogP contribution in [-0.2, 0) is 17.8 Å². The third-order valence-corrected chi connectivity index (χ3v) is 6.16. The molecule has 2 heterocycles. The Morgan fingerprint density at radius 3 is 2.69 bits per heavy atom. The molecule has 1 saturated heterocycles. The van der Waals surface area contributed by atoms with E-state index in [1.165, 1.54) is 0 Å². The molecule has 1 N–H and O–H groups in total. The Morgan fingerprint density at radius 2 is 1.94 bits per heavy atom. The Bertz CT molecular complexity index is 1150. The first kappa shape index (κ1) is 21.9. The second kappa shape index (κ2) is 9.85. The minimum atomic E-state index is -0.0626. The maximum atomic E-state index is 13.0. The van der Waals surface area contributed by atoms with Crippen LogP contribution in [0.4, 0.5) is 5.82 Å². The molecule has 1 aliphatic heterocycles. The summed E-state index contributed by atoms with van der Waals surface area (Å²) < 4.78 is 7.02. The Kier molecular flexibility index (Phi) is 6.73. The number of hydrogen-bond donors (Lipinski definition) is 1. The number of rotatable bonds is 7. The van der Waals surface area contributed by atoms with Crippen LogP contribution in [-0.4, -0.2) is 42.2 Å². The number of carbonyl (C=O) groups is 1. The fourth-order valence-electron chi connectivity index (χ4n) is 4.35. The van der Waals surface area contributed by atoms with Gasteiger partial charge in [0.05, 0.1) is 18.1 Å². The van der Waals surface area contributed by atoms with Crippen molar-refractivity contribution in [1.29, 1.82) is 0 Å². The lowest BCUT2D eigenvalue weighted by Gasteiger charge is -2.32. The van der Waals surface area contributed by atoms with E-state index in [2.05, 4.69) is 10.3 Å². The minimum Gasteiger partial charge on any atom is -0.497 e. The number of benzene rings is 2. The summed E-state index contributed by atoms with van der Waals surface area (Å²) in [5.74, 6) is 1.36. The monoisotopic (exact) mass is 434 g/mol. The van der Waals surface area contributed by atoms with E-state index in [1.54, 1.807) is 11.7 Å². The summed E-state index contributed by atoms with van der Waals surface area (Å²) >= 11 is 0. The van der Waals surface area contributed by atoms with Crippen LogP contribution in [0.15, 0.2) is 53.3 Å². The van der Waals surface area contributed by atoms with E-state index in [4.69, 9.17) is 4.74 Å². The van der Waals surface area contributed by atoms with E-state index in [9.17, 15) is 9.59 Å². The molecule has 0 spiro atoms. The van der Waals surface area contributed by atoms with Crippen molar-refractivity contribution in [3.05, 3.63) is 64.4 Å². The lowest BCUT2D eigenvalue weighted by atomic mass is 9.96. The van der Waals surface area contributed by atoms with Gasteiger partial charge in [-0.2, -0.15) is 0 Å². The highest BCUT2D eigenvalue weighted by molar-refractivity contribution is 5.79. The zero-order valence-electron chi connectivity index (χ0n) is 18.7. The number of aromatic nitrogens is 2. The molecule has 1 fully saturated rings. The van der Waals surface area contributed by atoms with E-state index < -0.39 is 0 Å². The average molecular weight is 435 g/mol. The van der Waals surface area contributed by atoms with Crippen LogP contribution in [0.25, 0.3) is 11.0 Å². The lowest BCUT2D eigenvalue weighted by molar-refractivity contribution is -0.125. The first-order valence-electron chi connectivity index (χ1n) is 11.3. The van der Waals surface area contributed by atoms with E-state index in [0.29, 0.717) is 44.8 Å². The molecular weight excluding hydrogens is 404 g/mol. The van der Waals surface area contributed by atoms with Crippen LogP contribution in [0.2, 0.25) is 0 Å². The smallest absolute Gasteiger partial charge is 0.293 e. The van der Waals surface area contributed by atoms with Crippen molar-refractivity contribution >= 4 is 22.8 Å². The number of methoxy groups -OCH3 is 1. The van der Waals surface area contributed by atoms with Crippen LogP contribution < -0.4 is 20.5 Å². The molecule has 32 heavy (non-hydrogen) atoms. The fourth-order valence-corrected chi connectivity index (χ4v) is 4.35. The molecule has 1 amide bonds. The van der Waals surface area contributed by atoms with Gasteiger partial charge in [0.15, 0.2) is 5.82 Å². The molecule has 4 rings (SSSR count). The average Bonchev–Trinajstić information content (AvgIpc) is 2.84. The SMILES string of the molecule is CCn1c(=O)c(N2CCC(C(=O)NCCc3cccc(OC)c3)CC2)nc2ccccc21. The Morgan fingerprint density at radius 1 is 1.16 bits per heavy atom. The molecule has 0 saturated carbocycles. The summed E-state index contributed by atoms with van der Waals surface area (Å²) in [7, 11) is 1.65. The van der Waals surface area contributed by atoms with Gasteiger partial charge in [-0.1, -0.05) is 24.3 Å². The lowest BCUT2D eigenvalue weighted by Crippen LogP contribution is -2.43. The van der Waals surface area contributed by atoms with E-state index >= 15 is 0 Å². The molecule has 0 bridgehead atoms. The molecule has 0 aliphatic carbocycles. The number of nitrogens with zero attached hydrogens (tertiary/aromatic N) is 3.